The van der Waals surface area contributed by atoms with Crippen LogP contribution < -0.4 is 0 Å². The zero-order valence-corrected chi connectivity index (χ0v) is 18.7. The molecule has 6 atom stereocenters. The molecule has 0 heterocycles. The third-order valence-corrected chi connectivity index (χ3v) is 8.75. The lowest BCUT2D eigenvalue weighted by Crippen LogP contribution is -2.56. The average Bonchev–Trinajstić information content (AvgIpc) is 3.10. The second-order valence-electron chi connectivity index (χ2n) is 10.5. The van der Waals surface area contributed by atoms with E-state index >= 15 is 0 Å². The highest BCUT2D eigenvalue weighted by atomic mass is 16.5. The summed E-state index contributed by atoms with van der Waals surface area (Å²) in [5.74, 6) is 1.48. The van der Waals surface area contributed by atoms with Crippen LogP contribution in [0.25, 0.3) is 0 Å². The molecule has 2 nitrogen and oxygen atoms in total. The van der Waals surface area contributed by atoms with Crippen LogP contribution in [0.5, 0.6) is 0 Å². The van der Waals surface area contributed by atoms with E-state index in [2.05, 4.69) is 69.3 Å². The van der Waals surface area contributed by atoms with E-state index in [4.69, 9.17) is 4.74 Å². The van der Waals surface area contributed by atoms with Crippen molar-refractivity contribution in [2.45, 2.75) is 83.5 Å². The number of fused-ring (bicyclic) bond motifs is 5. The maximum atomic E-state index is 11.9. The largest absolute Gasteiger partial charge is 0.390 e. The van der Waals surface area contributed by atoms with E-state index < -0.39 is 5.60 Å². The summed E-state index contributed by atoms with van der Waals surface area (Å²) in [6.45, 7) is 7.30. The zero-order chi connectivity index (χ0) is 20.9. The van der Waals surface area contributed by atoms with Crippen molar-refractivity contribution in [1.82, 2.24) is 0 Å². The molecule has 0 aromatic heterocycles. The maximum Gasteiger partial charge on any atom is 0.0720 e. The van der Waals surface area contributed by atoms with E-state index in [1.54, 1.807) is 0 Å². The molecule has 30 heavy (non-hydrogen) atoms. The molecule has 2 heteroatoms. The lowest BCUT2D eigenvalue weighted by atomic mass is 9.49. The summed E-state index contributed by atoms with van der Waals surface area (Å²) < 4.78 is 6.60. The molecule has 5 rings (SSSR count). The average molecular weight is 405 g/mol. The number of ether oxygens (including phenoxy) is 1. The molecule has 2 aromatic rings. The Balaban J connectivity index is 1.46. The Hall–Kier alpha value is -1.64. The Morgan fingerprint density at radius 1 is 1.07 bits per heavy atom. The van der Waals surface area contributed by atoms with Gasteiger partial charge in [0.1, 0.15) is 0 Å². The highest BCUT2D eigenvalue weighted by molar-refractivity contribution is 5.40. The van der Waals surface area contributed by atoms with Crippen molar-refractivity contribution >= 4 is 0 Å². The minimum atomic E-state index is -0.680. The fraction of sp³-hybridized carbons (Fsp3) is 0.571. The molecule has 2 aromatic carbocycles. The van der Waals surface area contributed by atoms with Crippen molar-refractivity contribution in [3.63, 3.8) is 0 Å². The van der Waals surface area contributed by atoms with Crippen molar-refractivity contribution in [1.29, 1.82) is 0 Å². The molecule has 3 aliphatic rings. The second kappa shape index (κ2) is 7.50. The molecule has 3 unspecified atom stereocenters. The first-order chi connectivity index (χ1) is 14.4. The van der Waals surface area contributed by atoms with E-state index in [-0.39, 0.29) is 17.4 Å². The van der Waals surface area contributed by atoms with E-state index in [9.17, 15) is 5.11 Å². The van der Waals surface area contributed by atoms with E-state index in [1.807, 2.05) is 0 Å². The van der Waals surface area contributed by atoms with Gasteiger partial charge in [-0.2, -0.15) is 0 Å². The van der Waals surface area contributed by atoms with Gasteiger partial charge in [-0.25, -0.2) is 0 Å². The Morgan fingerprint density at radius 2 is 1.87 bits per heavy atom. The minimum absolute atomic E-state index is 0.0989. The van der Waals surface area contributed by atoms with Gasteiger partial charge in [-0.3, -0.25) is 0 Å². The van der Waals surface area contributed by atoms with E-state index in [0.29, 0.717) is 18.4 Å². The molecule has 0 spiro atoms. The fourth-order valence-corrected chi connectivity index (χ4v) is 7.65. The Kier molecular flexibility index (Phi) is 5.07. The number of benzene rings is 2. The number of aryl methyl sites for hydroxylation is 2. The van der Waals surface area contributed by atoms with Crippen LogP contribution in [0.3, 0.4) is 0 Å². The molecule has 1 N–H and O–H groups in total. The number of rotatable bonds is 4. The Bertz CT molecular complexity index is 902. The van der Waals surface area contributed by atoms with Crippen LogP contribution in [0, 0.1) is 24.2 Å². The molecular formula is C28H36O2. The van der Waals surface area contributed by atoms with Gasteiger partial charge in [0.05, 0.1) is 18.3 Å². The van der Waals surface area contributed by atoms with Gasteiger partial charge in [0.2, 0.25) is 0 Å². The molecule has 0 radical (unpaired) electrons. The molecule has 0 saturated heterocycles. The molecule has 160 valence electrons. The first-order valence-electron chi connectivity index (χ1n) is 11.9. The van der Waals surface area contributed by atoms with E-state index in [1.165, 1.54) is 35.1 Å². The van der Waals surface area contributed by atoms with Gasteiger partial charge in [-0.15, -0.1) is 0 Å². The highest BCUT2D eigenvalue weighted by Gasteiger charge is 2.62. The Labute approximate surface area is 181 Å². The number of hydrogen-bond acceptors (Lipinski definition) is 2. The topological polar surface area (TPSA) is 29.5 Å². The van der Waals surface area contributed by atoms with Crippen LogP contribution in [0.15, 0.2) is 48.5 Å². The predicted octanol–water partition coefficient (Wildman–Crippen LogP) is 6.19. The monoisotopic (exact) mass is 404 g/mol. The lowest BCUT2D eigenvalue weighted by molar-refractivity contribution is -0.154. The maximum absolute atomic E-state index is 11.9. The lowest BCUT2D eigenvalue weighted by Gasteiger charge is -2.58. The van der Waals surface area contributed by atoms with Gasteiger partial charge in [0.25, 0.3) is 0 Å². The van der Waals surface area contributed by atoms with Gasteiger partial charge in [0.15, 0.2) is 0 Å². The molecule has 0 bridgehead atoms. The van der Waals surface area contributed by atoms with Crippen LogP contribution in [0.4, 0.5) is 0 Å². The zero-order valence-electron chi connectivity index (χ0n) is 18.7. The SMILES string of the molecule is CC[C@]12C[C@](C)(O)C3c4ccc(C)cc4CCC3C1CC[C@@H]2OCc1ccccc1. The molecule has 2 saturated carbocycles. The van der Waals surface area contributed by atoms with Gasteiger partial charge in [-0.1, -0.05) is 61.0 Å². The first kappa shape index (κ1) is 20.3. The molecule has 3 aliphatic carbocycles. The summed E-state index contributed by atoms with van der Waals surface area (Å²) in [5.41, 5.74) is 4.88. The number of hydrogen-bond donors (Lipinski definition) is 1. The van der Waals surface area contributed by atoms with Gasteiger partial charge in [0, 0.05) is 11.3 Å². The van der Waals surface area contributed by atoms with Crippen molar-refractivity contribution < 1.29 is 9.84 Å². The fourth-order valence-electron chi connectivity index (χ4n) is 7.65. The number of aliphatic hydroxyl groups is 1. The van der Waals surface area contributed by atoms with Crippen molar-refractivity contribution in [3.05, 3.63) is 70.8 Å². The summed E-state index contributed by atoms with van der Waals surface area (Å²) in [6.07, 6.45) is 6.93. The minimum Gasteiger partial charge on any atom is -0.390 e. The highest BCUT2D eigenvalue weighted by Crippen LogP contribution is 2.65. The van der Waals surface area contributed by atoms with Crippen LogP contribution in [-0.2, 0) is 17.8 Å². The third-order valence-electron chi connectivity index (χ3n) is 8.75. The summed E-state index contributed by atoms with van der Waals surface area (Å²) in [7, 11) is 0. The normalized spacial score (nSPS) is 37.3. The second-order valence-corrected chi connectivity index (χ2v) is 10.5. The van der Waals surface area contributed by atoms with Crippen LogP contribution in [0.1, 0.15) is 74.1 Å². The summed E-state index contributed by atoms with van der Waals surface area (Å²) in [5, 5.41) is 11.9. The Morgan fingerprint density at radius 3 is 2.63 bits per heavy atom. The predicted molar refractivity (Wildman–Crippen MR) is 121 cm³/mol. The summed E-state index contributed by atoms with van der Waals surface area (Å²) >= 11 is 0. The van der Waals surface area contributed by atoms with Crippen LogP contribution in [0.2, 0.25) is 0 Å². The standard InChI is InChI=1S/C28H36O2/c1-4-28-18-27(3,29)26-22-12-10-19(2)16-21(22)11-13-23(26)24(28)14-15-25(28)30-17-20-8-6-5-7-9-20/h5-10,12,16,23-26,29H,4,11,13-15,17-18H2,1-3H3/t23?,24?,25-,26?,27-,28-/m0/s1. The smallest absolute Gasteiger partial charge is 0.0720 e. The molecule has 0 amide bonds. The molecular weight excluding hydrogens is 368 g/mol. The van der Waals surface area contributed by atoms with Crippen LogP contribution in [-0.4, -0.2) is 16.8 Å². The van der Waals surface area contributed by atoms with Crippen LogP contribution >= 0.6 is 0 Å². The van der Waals surface area contributed by atoms with Crippen molar-refractivity contribution in [2.75, 3.05) is 0 Å². The summed E-state index contributed by atoms with van der Waals surface area (Å²) in [4.78, 5) is 0. The first-order valence-corrected chi connectivity index (χ1v) is 11.9. The van der Waals surface area contributed by atoms with Gasteiger partial charge < -0.3 is 9.84 Å². The van der Waals surface area contributed by atoms with Crippen molar-refractivity contribution in [3.8, 4) is 0 Å². The quantitative estimate of drug-likeness (QED) is 0.658. The van der Waals surface area contributed by atoms with Gasteiger partial charge >= 0.3 is 0 Å². The molecule has 0 aliphatic heterocycles. The molecule has 2 fully saturated rings. The summed E-state index contributed by atoms with van der Waals surface area (Å²) in [6, 6.07) is 17.4. The third kappa shape index (κ3) is 3.15. The van der Waals surface area contributed by atoms with Crippen molar-refractivity contribution in [2.24, 2.45) is 17.3 Å². The van der Waals surface area contributed by atoms with Gasteiger partial charge in [-0.05, 0) is 80.9 Å². The van der Waals surface area contributed by atoms with E-state index in [0.717, 1.165) is 25.7 Å².